The van der Waals surface area contributed by atoms with Gasteiger partial charge in [0.1, 0.15) is 0 Å². The van der Waals surface area contributed by atoms with E-state index in [1.807, 2.05) is 0 Å². The van der Waals surface area contributed by atoms with Gasteiger partial charge in [-0.3, -0.25) is 0 Å². The second-order valence-electron chi connectivity index (χ2n) is 5.68. The molecule has 0 aromatic rings. The summed E-state index contributed by atoms with van der Waals surface area (Å²) in [5.74, 6) is 0.842. The predicted octanol–water partition coefficient (Wildman–Crippen LogP) is 3.28. The van der Waals surface area contributed by atoms with Gasteiger partial charge in [-0.2, -0.15) is 0 Å². The molecule has 0 spiro atoms. The SMILES string of the molecule is CCNC1CCCC(N(CC)CC(C)CC)C1. The minimum Gasteiger partial charge on any atom is -0.314 e. The second-order valence-corrected chi connectivity index (χ2v) is 5.68. The largest absolute Gasteiger partial charge is 0.314 e. The topological polar surface area (TPSA) is 15.3 Å². The van der Waals surface area contributed by atoms with Crippen LogP contribution in [0.2, 0.25) is 0 Å². The van der Waals surface area contributed by atoms with Gasteiger partial charge in [0.2, 0.25) is 0 Å². The predicted molar refractivity (Wildman–Crippen MR) is 76.4 cm³/mol. The summed E-state index contributed by atoms with van der Waals surface area (Å²) in [4.78, 5) is 2.72. The molecular weight excluding hydrogens is 208 g/mol. The standard InChI is InChI=1S/C15H32N2/c1-5-13(4)12-17(7-3)15-10-8-9-14(11-15)16-6-2/h13-16H,5-12H2,1-4H3. The van der Waals surface area contributed by atoms with Gasteiger partial charge in [0.25, 0.3) is 0 Å². The molecule has 1 rings (SSSR count). The zero-order chi connectivity index (χ0) is 12.7. The first-order chi connectivity index (χ1) is 8.21. The van der Waals surface area contributed by atoms with Crippen LogP contribution in [0.5, 0.6) is 0 Å². The van der Waals surface area contributed by atoms with E-state index in [1.54, 1.807) is 0 Å². The molecular formula is C15H32N2. The minimum absolute atomic E-state index is 0.768. The number of nitrogens with zero attached hydrogens (tertiary/aromatic N) is 1. The fourth-order valence-electron chi connectivity index (χ4n) is 3.04. The maximum Gasteiger partial charge on any atom is 0.0110 e. The summed E-state index contributed by atoms with van der Waals surface area (Å²) in [7, 11) is 0. The maximum atomic E-state index is 3.63. The van der Waals surface area contributed by atoms with E-state index in [4.69, 9.17) is 0 Å². The molecule has 1 aliphatic rings. The first-order valence-corrected chi connectivity index (χ1v) is 7.68. The summed E-state index contributed by atoms with van der Waals surface area (Å²) in [6.45, 7) is 12.9. The second kappa shape index (κ2) is 8.10. The highest BCUT2D eigenvalue weighted by molar-refractivity contribution is 4.84. The number of nitrogens with one attached hydrogen (secondary N) is 1. The summed E-state index contributed by atoms with van der Waals surface area (Å²) in [6.07, 6.45) is 6.86. The lowest BCUT2D eigenvalue weighted by atomic mass is 9.89. The molecule has 0 aromatic carbocycles. The van der Waals surface area contributed by atoms with Crippen molar-refractivity contribution in [1.29, 1.82) is 0 Å². The molecule has 2 heteroatoms. The molecule has 1 N–H and O–H groups in total. The van der Waals surface area contributed by atoms with Crippen LogP contribution in [-0.4, -0.2) is 36.6 Å². The summed E-state index contributed by atoms with van der Waals surface area (Å²) in [5, 5.41) is 3.63. The van der Waals surface area contributed by atoms with Gasteiger partial charge in [-0.25, -0.2) is 0 Å². The van der Waals surface area contributed by atoms with E-state index < -0.39 is 0 Å². The first kappa shape index (κ1) is 15.0. The van der Waals surface area contributed by atoms with Crippen LogP contribution in [0.15, 0.2) is 0 Å². The number of rotatable bonds is 7. The summed E-state index contributed by atoms with van der Waals surface area (Å²) in [6, 6.07) is 1.59. The highest BCUT2D eigenvalue weighted by atomic mass is 15.2. The third-order valence-corrected chi connectivity index (χ3v) is 4.31. The van der Waals surface area contributed by atoms with Crippen molar-refractivity contribution >= 4 is 0 Å². The molecule has 1 saturated carbocycles. The summed E-state index contributed by atoms with van der Waals surface area (Å²) in [5.41, 5.74) is 0. The van der Waals surface area contributed by atoms with Gasteiger partial charge < -0.3 is 10.2 Å². The lowest BCUT2D eigenvalue weighted by Crippen LogP contribution is -2.45. The molecule has 0 aromatic heterocycles. The van der Waals surface area contributed by atoms with Crippen molar-refractivity contribution in [3.63, 3.8) is 0 Å². The van der Waals surface area contributed by atoms with Gasteiger partial charge >= 0.3 is 0 Å². The zero-order valence-electron chi connectivity index (χ0n) is 12.3. The zero-order valence-corrected chi connectivity index (χ0v) is 12.3. The van der Waals surface area contributed by atoms with Crippen molar-refractivity contribution in [3.8, 4) is 0 Å². The van der Waals surface area contributed by atoms with Crippen LogP contribution in [-0.2, 0) is 0 Å². The summed E-state index contributed by atoms with van der Waals surface area (Å²) >= 11 is 0. The van der Waals surface area contributed by atoms with Crippen molar-refractivity contribution in [2.75, 3.05) is 19.6 Å². The molecule has 17 heavy (non-hydrogen) atoms. The average molecular weight is 240 g/mol. The highest BCUT2D eigenvalue weighted by Gasteiger charge is 2.25. The lowest BCUT2D eigenvalue weighted by Gasteiger charge is -2.38. The lowest BCUT2D eigenvalue weighted by molar-refractivity contribution is 0.128. The quantitative estimate of drug-likeness (QED) is 0.735. The number of hydrogen-bond acceptors (Lipinski definition) is 2. The van der Waals surface area contributed by atoms with Crippen LogP contribution in [0.4, 0.5) is 0 Å². The Labute approximate surface area is 108 Å². The Morgan fingerprint density at radius 2 is 2.00 bits per heavy atom. The normalized spacial score (nSPS) is 27.4. The fourth-order valence-corrected chi connectivity index (χ4v) is 3.04. The molecule has 102 valence electrons. The van der Waals surface area contributed by atoms with Crippen LogP contribution in [0.3, 0.4) is 0 Å². The molecule has 3 unspecified atom stereocenters. The molecule has 1 fully saturated rings. The van der Waals surface area contributed by atoms with Gasteiger partial charge in [-0.1, -0.05) is 40.5 Å². The maximum absolute atomic E-state index is 3.63. The van der Waals surface area contributed by atoms with E-state index in [9.17, 15) is 0 Å². The molecule has 0 amide bonds. The van der Waals surface area contributed by atoms with Crippen molar-refractivity contribution < 1.29 is 0 Å². The summed E-state index contributed by atoms with van der Waals surface area (Å²) < 4.78 is 0. The van der Waals surface area contributed by atoms with Crippen molar-refractivity contribution in [2.24, 2.45) is 5.92 Å². The molecule has 0 radical (unpaired) electrons. The first-order valence-electron chi connectivity index (χ1n) is 7.68. The Hall–Kier alpha value is -0.0800. The van der Waals surface area contributed by atoms with Gasteiger partial charge in [-0.15, -0.1) is 0 Å². The van der Waals surface area contributed by atoms with Crippen molar-refractivity contribution in [3.05, 3.63) is 0 Å². The van der Waals surface area contributed by atoms with Crippen LogP contribution in [0.1, 0.15) is 59.8 Å². The van der Waals surface area contributed by atoms with E-state index in [-0.39, 0.29) is 0 Å². The molecule has 0 heterocycles. The van der Waals surface area contributed by atoms with Gasteiger partial charge in [-0.05, 0) is 38.3 Å². The third-order valence-electron chi connectivity index (χ3n) is 4.31. The van der Waals surface area contributed by atoms with Gasteiger partial charge in [0, 0.05) is 18.6 Å². The van der Waals surface area contributed by atoms with Gasteiger partial charge in [0.15, 0.2) is 0 Å². The molecule has 3 atom stereocenters. The van der Waals surface area contributed by atoms with E-state index >= 15 is 0 Å². The molecule has 0 saturated heterocycles. The van der Waals surface area contributed by atoms with Crippen LogP contribution in [0, 0.1) is 5.92 Å². The van der Waals surface area contributed by atoms with Crippen molar-refractivity contribution in [2.45, 2.75) is 71.9 Å². The number of hydrogen-bond donors (Lipinski definition) is 1. The minimum atomic E-state index is 0.768. The van der Waals surface area contributed by atoms with Crippen LogP contribution < -0.4 is 5.32 Å². The van der Waals surface area contributed by atoms with Crippen molar-refractivity contribution in [1.82, 2.24) is 10.2 Å². The Balaban J connectivity index is 2.44. The molecule has 0 aliphatic heterocycles. The Kier molecular flexibility index (Phi) is 7.14. The monoisotopic (exact) mass is 240 g/mol. The fraction of sp³-hybridized carbons (Fsp3) is 1.00. The van der Waals surface area contributed by atoms with E-state index in [1.165, 1.54) is 45.2 Å². The molecule has 0 bridgehead atoms. The van der Waals surface area contributed by atoms with Crippen LogP contribution >= 0.6 is 0 Å². The van der Waals surface area contributed by atoms with Gasteiger partial charge in [0.05, 0.1) is 0 Å². The van der Waals surface area contributed by atoms with E-state index in [2.05, 4.69) is 37.9 Å². The Bertz CT molecular complexity index is 191. The van der Waals surface area contributed by atoms with E-state index in [0.717, 1.165) is 24.5 Å². The Morgan fingerprint density at radius 1 is 1.24 bits per heavy atom. The smallest absolute Gasteiger partial charge is 0.0110 e. The molecule has 2 nitrogen and oxygen atoms in total. The van der Waals surface area contributed by atoms with Crippen LogP contribution in [0.25, 0.3) is 0 Å². The highest BCUT2D eigenvalue weighted by Crippen LogP contribution is 2.24. The van der Waals surface area contributed by atoms with E-state index in [0.29, 0.717) is 0 Å². The third kappa shape index (κ3) is 4.97. The Morgan fingerprint density at radius 3 is 2.59 bits per heavy atom. The molecule has 1 aliphatic carbocycles. The average Bonchev–Trinajstić information content (AvgIpc) is 2.36.